The Balaban J connectivity index is 1.68. The molecule has 0 bridgehead atoms. The number of hydrogen-bond acceptors (Lipinski definition) is 6. The van der Waals surface area contributed by atoms with Crippen LogP contribution in [0.5, 0.6) is 5.75 Å². The van der Waals surface area contributed by atoms with E-state index < -0.39 is 6.09 Å². The molecule has 2 aromatic carbocycles. The van der Waals surface area contributed by atoms with Crippen molar-refractivity contribution in [2.24, 2.45) is 7.05 Å². The normalized spacial score (nSPS) is 10.5. The van der Waals surface area contributed by atoms with Gasteiger partial charge in [0.2, 0.25) is 0 Å². The number of rotatable bonds is 8. The average Bonchev–Trinajstić information content (AvgIpc) is 3.12. The number of ether oxygens (including phenoxy) is 2. The number of aromatic nitrogens is 2. The van der Waals surface area contributed by atoms with Crippen molar-refractivity contribution < 1.29 is 14.3 Å². The van der Waals surface area contributed by atoms with Gasteiger partial charge in [-0.2, -0.15) is 5.10 Å². The fraction of sp³-hybridized carbons (Fsp3) is 0.227. The van der Waals surface area contributed by atoms with E-state index in [1.54, 1.807) is 37.0 Å². The van der Waals surface area contributed by atoms with Crippen molar-refractivity contribution in [3.05, 3.63) is 58.6 Å². The molecule has 0 saturated heterocycles. The third kappa shape index (κ3) is 5.35. The van der Waals surface area contributed by atoms with Crippen molar-refractivity contribution in [3.8, 4) is 17.0 Å². The zero-order valence-electron chi connectivity index (χ0n) is 17.5. The highest BCUT2D eigenvalue weighted by Gasteiger charge is 2.15. The largest absolute Gasteiger partial charge is 0.496 e. The number of hydrogen-bond donors (Lipinski definition) is 3. The van der Waals surface area contributed by atoms with Crippen LogP contribution in [0.3, 0.4) is 0 Å². The summed E-state index contributed by atoms with van der Waals surface area (Å²) in [6.45, 7) is 2.80. The zero-order valence-corrected chi connectivity index (χ0v) is 18.3. The molecule has 8 nitrogen and oxygen atoms in total. The van der Waals surface area contributed by atoms with Crippen LogP contribution in [0.2, 0.25) is 5.02 Å². The lowest BCUT2D eigenvalue weighted by Crippen LogP contribution is -2.16. The molecule has 0 radical (unpaired) electrons. The van der Waals surface area contributed by atoms with Crippen molar-refractivity contribution in [2.45, 2.75) is 13.5 Å². The Morgan fingerprint density at radius 2 is 2.06 bits per heavy atom. The number of nitrogens with one attached hydrogen (secondary N) is 3. The SMILES string of the molecule is CCNc1cc(COC(=O)Nc2cc(-c3ccc(Cl)cc3OC)nn2C)ccc1C=N. The number of halogens is 1. The highest BCUT2D eigenvalue weighted by atomic mass is 35.5. The number of carbonyl (C=O) groups excluding carboxylic acids is 1. The maximum Gasteiger partial charge on any atom is 0.413 e. The van der Waals surface area contributed by atoms with Crippen molar-refractivity contribution >= 4 is 35.4 Å². The van der Waals surface area contributed by atoms with Crippen LogP contribution < -0.4 is 15.4 Å². The van der Waals surface area contributed by atoms with Gasteiger partial charge in [0.25, 0.3) is 0 Å². The summed E-state index contributed by atoms with van der Waals surface area (Å²) in [4.78, 5) is 12.3. The van der Waals surface area contributed by atoms with Gasteiger partial charge in [0.15, 0.2) is 0 Å². The number of methoxy groups -OCH3 is 1. The van der Waals surface area contributed by atoms with E-state index in [0.29, 0.717) is 22.3 Å². The second-order valence-corrected chi connectivity index (χ2v) is 7.12. The third-order valence-corrected chi connectivity index (χ3v) is 4.79. The molecule has 0 spiro atoms. The summed E-state index contributed by atoms with van der Waals surface area (Å²) in [5.74, 6) is 1.06. The van der Waals surface area contributed by atoms with Crippen LogP contribution >= 0.6 is 11.6 Å². The van der Waals surface area contributed by atoms with Crippen LogP contribution in [0.1, 0.15) is 18.1 Å². The van der Waals surface area contributed by atoms with E-state index in [2.05, 4.69) is 15.7 Å². The fourth-order valence-corrected chi connectivity index (χ4v) is 3.21. The van der Waals surface area contributed by atoms with Gasteiger partial charge in [-0.05, 0) is 36.8 Å². The molecule has 162 valence electrons. The van der Waals surface area contributed by atoms with Crippen LogP contribution in [0.25, 0.3) is 11.3 Å². The number of carbonyl (C=O) groups is 1. The molecule has 1 amide bonds. The monoisotopic (exact) mass is 441 g/mol. The average molecular weight is 442 g/mol. The van der Waals surface area contributed by atoms with Crippen LogP contribution in [-0.4, -0.2) is 35.7 Å². The van der Waals surface area contributed by atoms with Gasteiger partial charge in [-0.1, -0.05) is 23.7 Å². The first-order valence-electron chi connectivity index (χ1n) is 9.64. The number of anilines is 2. The predicted molar refractivity (Wildman–Crippen MR) is 123 cm³/mol. The van der Waals surface area contributed by atoms with E-state index >= 15 is 0 Å². The lowest BCUT2D eigenvalue weighted by molar-refractivity contribution is 0.155. The van der Waals surface area contributed by atoms with Crippen LogP contribution in [-0.2, 0) is 18.4 Å². The lowest BCUT2D eigenvalue weighted by atomic mass is 10.1. The lowest BCUT2D eigenvalue weighted by Gasteiger charge is -2.11. The topological polar surface area (TPSA) is 101 Å². The van der Waals surface area contributed by atoms with Gasteiger partial charge in [0.05, 0.1) is 12.8 Å². The molecule has 31 heavy (non-hydrogen) atoms. The summed E-state index contributed by atoms with van der Waals surface area (Å²) < 4.78 is 12.3. The van der Waals surface area contributed by atoms with E-state index in [-0.39, 0.29) is 6.61 Å². The molecule has 1 aromatic heterocycles. The highest BCUT2D eigenvalue weighted by molar-refractivity contribution is 6.30. The molecule has 3 N–H and O–H groups in total. The van der Waals surface area contributed by atoms with Crippen molar-refractivity contribution in [1.29, 1.82) is 5.41 Å². The third-order valence-electron chi connectivity index (χ3n) is 4.56. The minimum atomic E-state index is -0.598. The van der Waals surface area contributed by atoms with Gasteiger partial charge in [0.1, 0.15) is 18.2 Å². The maximum atomic E-state index is 12.3. The summed E-state index contributed by atoms with van der Waals surface area (Å²) in [6.07, 6.45) is 0.684. The zero-order chi connectivity index (χ0) is 22.4. The van der Waals surface area contributed by atoms with Crippen LogP contribution in [0.15, 0.2) is 42.5 Å². The molecule has 0 unspecified atom stereocenters. The van der Waals surface area contributed by atoms with E-state index in [4.69, 9.17) is 26.5 Å². The molecule has 0 aliphatic rings. The second kappa shape index (κ2) is 9.99. The summed E-state index contributed by atoms with van der Waals surface area (Å²) in [6, 6.07) is 12.5. The van der Waals surface area contributed by atoms with Gasteiger partial charge in [0, 0.05) is 47.7 Å². The molecule has 0 atom stereocenters. The minimum Gasteiger partial charge on any atom is -0.496 e. The van der Waals surface area contributed by atoms with E-state index in [0.717, 1.165) is 28.9 Å². The van der Waals surface area contributed by atoms with Gasteiger partial charge in [-0.25, -0.2) is 4.79 Å². The molecule has 9 heteroatoms. The minimum absolute atomic E-state index is 0.0955. The Labute approximate surface area is 185 Å². The standard InChI is InChI=1S/C22H24ClN5O3/c1-4-25-18-9-14(5-6-15(18)12-24)13-31-22(29)26-21-11-19(27-28(21)2)17-8-7-16(23)10-20(17)30-3/h5-12,24-25H,4,13H2,1-3H3,(H,26,29). The number of aryl methyl sites for hydroxylation is 1. The fourth-order valence-electron chi connectivity index (χ4n) is 3.04. The number of benzene rings is 2. The van der Waals surface area contributed by atoms with E-state index in [1.165, 1.54) is 6.21 Å². The molecular formula is C22H24ClN5O3. The number of nitrogens with zero attached hydrogens (tertiary/aromatic N) is 2. The van der Waals surface area contributed by atoms with Gasteiger partial charge < -0.3 is 20.2 Å². The van der Waals surface area contributed by atoms with E-state index in [1.807, 2.05) is 31.2 Å². The summed E-state index contributed by atoms with van der Waals surface area (Å²) in [5, 5.41) is 18.4. The molecule has 3 aromatic rings. The predicted octanol–water partition coefficient (Wildman–Crippen LogP) is 4.93. The Bertz CT molecular complexity index is 1100. The summed E-state index contributed by atoms with van der Waals surface area (Å²) in [7, 11) is 3.28. The van der Waals surface area contributed by atoms with Crippen LogP contribution in [0.4, 0.5) is 16.3 Å². The first-order valence-corrected chi connectivity index (χ1v) is 10.0. The summed E-state index contributed by atoms with van der Waals surface area (Å²) in [5.41, 5.74) is 3.80. The Morgan fingerprint density at radius 3 is 2.77 bits per heavy atom. The molecule has 0 aliphatic heterocycles. The van der Waals surface area contributed by atoms with E-state index in [9.17, 15) is 4.79 Å². The number of amides is 1. The molecule has 0 fully saturated rings. The first-order chi connectivity index (χ1) is 14.9. The Morgan fingerprint density at radius 1 is 1.26 bits per heavy atom. The quantitative estimate of drug-likeness (QED) is 0.430. The van der Waals surface area contributed by atoms with Gasteiger partial charge in [-0.15, -0.1) is 0 Å². The first kappa shape index (κ1) is 22.2. The molecule has 0 aliphatic carbocycles. The summed E-state index contributed by atoms with van der Waals surface area (Å²) >= 11 is 6.02. The maximum absolute atomic E-state index is 12.3. The Kier molecular flexibility index (Phi) is 7.15. The molecule has 1 heterocycles. The van der Waals surface area contributed by atoms with Gasteiger partial charge >= 0.3 is 6.09 Å². The molecule has 0 saturated carbocycles. The smallest absolute Gasteiger partial charge is 0.413 e. The highest BCUT2D eigenvalue weighted by Crippen LogP contribution is 2.32. The van der Waals surface area contributed by atoms with Crippen molar-refractivity contribution in [2.75, 3.05) is 24.3 Å². The molecular weight excluding hydrogens is 418 g/mol. The Hall–Kier alpha value is -3.52. The van der Waals surface area contributed by atoms with Crippen LogP contribution in [0, 0.1) is 5.41 Å². The van der Waals surface area contributed by atoms with Crippen molar-refractivity contribution in [3.63, 3.8) is 0 Å². The van der Waals surface area contributed by atoms with Crippen molar-refractivity contribution in [1.82, 2.24) is 9.78 Å². The van der Waals surface area contributed by atoms with Gasteiger partial charge in [-0.3, -0.25) is 10.00 Å². The molecule has 3 rings (SSSR count). The second-order valence-electron chi connectivity index (χ2n) is 6.68.